The van der Waals surface area contributed by atoms with Crippen LogP contribution in [-0.4, -0.2) is 36.7 Å². The SMILES string of the molecule is COC(=O)C1=CC2[C@H]3C(=O)N(c4ccccc4)C(=O)[C@@H]3C1[C@H]1C(=O)N(c3ccccc3)C(=O)[C@H]21. The van der Waals surface area contributed by atoms with Gasteiger partial charge in [0.05, 0.1) is 42.2 Å². The lowest BCUT2D eigenvalue weighted by Gasteiger charge is -2.46. The minimum absolute atomic E-state index is 0.196. The van der Waals surface area contributed by atoms with E-state index in [0.717, 1.165) is 9.80 Å². The van der Waals surface area contributed by atoms with Gasteiger partial charge >= 0.3 is 5.97 Å². The van der Waals surface area contributed by atoms with E-state index in [4.69, 9.17) is 4.74 Å². The molecule has 1 saturated carbocycles. The number of rotatable bonds is 3. The molecule has 2 aliphatic heterocycles. The van der Waals surface area contributed by atoms with E-state index in [2.05, 4.69) is 0 Å². The summed E-state index contributed by atoms with van der Waals surface area (Å²) in [5, 5.41) is 0. The fourth-order valence-electron chi connectivity index (χ4n) is 6.33. The summed E-state index contributed by atoms with van der Waals surface area (Å²) in [7, 11) is 1.23. The largest absolute Gasteiger partial charge is 0.466 e. The Bertz CT molecular complexity index is 1200. The quantitative estimate of drug-likeness (QED) is 0.517. The summed E-state index contributed by atoms with van der Waals surface area (Å²) in [6, 6.07) is 17.1. The van der Waals surface area contributed by atoms with Gasteiger partial charge in [-0.25, -0.2) is 4.79 Å². The third-order valence-electron chi connectivity index (χ3n) is 7.58. The topological polar surface area (TPSA) is 101 Å². The zero-order valence-corrected chi connectivity index (χ0v) is 18.2. The number of carbonyl (C=O) groups is 5. The molecular formula is C26H20N2O6. The molecule has 0 radical (unpaired) electrons. The number of ether oxygens (including phenoxy) is 1. The van der Waals surface area contributed by atoms with Crippen LogP contribution in [-0.2, 0) is 28.7 Å². The molecule has 5 aliphatic rings. The Balaban J connectivity index is 1.49. The van der Waals surface area contributed by atoms with Crippen molar-refractivity contribution in [3.05, 3.63) is 72.3 Å². The number of allylic oxidation sites excluding steroid dienone is 1. The number of imide groups is 2. The van der Waals surface area contributed by atoms with Crippen molar-refractivity contribution in [3.63, 3.8) is 0 Å². The van der Waals surface area contributed by atoms with Crippen LogP contribution in [0.5, 0.6) is 0 Å². The highest BCUT2D eigenvalue weighted by Crippen LogP contribution is 2.60. The predicted molar refractivity (Wildman–Crippen MR) is 119 cm³/mol. The van der Waals surface area contributed by atoms with Crippen LogP contribution in [0.3, 0.4) is 0 Å². The van der Waals surface area contributed by atoms with Gasteiger partial charge in [-0.1, -0.05) is 42.5 Å². The van der Waals surface area contributed by atoms with Crippen LogP contribution in [0.2, 0.25) is 0 Å². The second-order valence-electron chi connectivity index (χ2n) is 9.01. The number of esters is 1. The highest BCUT2D eigenvalue weighted by molar-refractivity contribution is 6.27. The first-order valence-electron chi connectivity index (χ1n) is 11.1. The van der Waals surface area contributed by atoms with E-state index in [1.165, 1.54) is 7.11 Å². The van der Waals surface area contributed by atoms with Crippen molar-refractivity contribution in [3.8, 4) is 0 Å². The van der Waals surface area contributed by atoms with Gasteiger partial charge < -0.3 is 4.74 Å². The molecule has 170 valence electrons. The Morgan fingerprint density at radius 3 is 1.47 bits per heavy atom. The average Bonchev–Trinajstić information content (AvgIpc) is 3.30. The van der Waals surface area contributed by atoms with E-state index < -0.39 is 65.1 Å². The molecule has 3 aliphatic carbocycles. The average molecular weight is 456 g/mol. The first kappa shape index (κ1) is 20.5. The van der Waals surface area contributed by atoms with Gasteiger partial charge in [0.25, 0.3) is 0 Å². The smallest absolute Gasteiger partial charge is 0.333 e. The van der Waals surface area contributed by atoms with Gasteiger partial charge in [0.15, 0.2) is 0 Å². The summed E-state index contributed by atoms with van der Waals surface area (Å²) >= 11 is 0. The van der Waals surface area contributed by atoms with E-state index in [0.29, 0.717) is 11.4 Å². The summed E-state index contributed by atoms with van der Waals surface area (Å²) in [5.41, 5.74) is 1.06. The molecule has 2 saturated heterocycles. The Labute approximate surface area is 194 Å². The summed E-state index contributed by atoms with van der Waals surface area (Å²) in [5.74, 6) is -7.52. The van der Waals surface area contributed by atoms with E-state index in [1.54, 1.807) is 66.7 Å². The second kappa shape index (κ2) is 7.21. The highest BCUT2D eigenvalue weighted by Gasteiger charge is 2.71. The van der Waals surface area contributed by atoms with E-state index in [-0.39, 0.29) is 5.57 Å². The van der Waals surface area contributed by atoms with Crippen molar-refractivity contribution in [2.75, 3.05) is 16.9 Å². The van der Waals surface area contributed by atoms with Crippen molar-refractivity contribution >= 4 is 41.0 Å². The van der Waals surface area contributed by atoms with E-state index in [1.807, 2.05) is 0 Å². The van der Waals surface area contributed by atoms with Gasteiger partial charge in [-0.2, -0.15) is 0 Å². The van der Waals surface area contributed by atoms with Gasteiger partial charge in [-0.15, -0.1) is 0 Å². The third kappa shape index (κ3) is 2.50. The summed E-state index contributed by atoms with van der Waals surface area (Å²) in [6.07, 6.45) is 1.60. The van der Waals surface area contributed by atoms with Gasteiger partial charge in [0, 0.05) is 17.4 Å². The highest BCUT2D eigenvalue weighted by atomic mass is 16.5. The second-order valence-corrected chi connectivity index (χ2v) is 9.01. The molecule has 0 aromatic heterocycles. The van der Waals surface area contributed by atoms with Crippen molar-refractivity contribution in [2.45, 2.75) is 0 Å². The Morgan fingerprint density at radius 1 is 0.647 bits per heavy atom. The fraction of sp³-hybridized carbons (Fsp3) is 0.269. The molecule has 8 nitrogen and oxygen atoms in total. The minimum atomic E-state index is -0.914. The molecule has 4 atom stereocenters. The number of carbonyl (C=O) groups excluding carboxylic acids is 5. The van der Waals surface area contributed by atoms with Crippen LogP contribution in [0.25, 0.3) is 0 Å². The molecule has 4 amide bonds. The van der Waals surface area contributed by atoms with Crippen LogP contribution < -0.4 is 9.80 Å². The summed E-state index contributed by atoms with van der Waals surface area (Å²) in [6.45, 7) is 0. The third-order valence-corrected chi connectivity index (χ3v) is 7.58. The molecule has 8 heteroatoms. The molecule has 0 spiro atoms. The van der Waals surface area contributed by atoms with Crippen molar-refractivity contribution in [1.82, 2.24) is 0 Å². The zero-order valence-electron chi connectivity index (χ0n) is 18.2. The standard InChI is InChI=1S/C26H20N2O6/c1-34-26(33)16-12-15-18-20(24(31)27(22(18)29)13-8-4-2-5-9-13)17(16)21-19(15)23(30)28(25(21)32)14-10-6-3-7-11-14/h2-12,15,17-21H,1H3/t15?,17?,18-,19-,20-,21-/m1/s1. The lowest BCUT2D eigenvalue weighted by Crippen LogP contribution is -2.53. The van der Waals surface area contributed by atoms with E-state index >= 15 is 0 Å². The normalized spacial score (nSPS) is 31.5. The number of nitrogens with zero attached hydrogens (tertiary/aromatic N) is 2. The molecule has 3 fully saturated rings. The van der Waals surface area contributed by atoms with Crippen LogP contribution in [0.1, 0.15) is 0 Å². The van der Waals surface area contributed by atoms with Crippen LogP contribution in [0.15, 0.2) is 72.3 Å². The number of hydrogen-bond donors (Lipinski definition) is 0. The van der Waals surface area contributed by atoms with Crippen molar-refractivity contribution < 1.29 is 28.7 Å². The van der Waals surface area contributed by atoms with Gasteiger partial charge in [0.2, 0.25) is 23.6 Å². The number of methoxy groups -OCH3 is 1. The molecule has 0 N–H and O–H groups in total. The molecule has 0 unspecified atom stereocenters. The zero-order chi connectivity index (χ0) is 23.7. The minimum Gasteiger partial charge on any atom is -0.466 e. The van der Waals surface area contributed by atoms with Gasteiger partial charge in [0.1, 0.15) is 0 Å². The molecule has 2 bridgehead atoms. The lowest BCUT2D eigenvalue weighted by molar-refractivity contribution is -0.145. The molecule has 2 aromatic carbocycles. The van der Waals surface area contributed by atoms with Crippen LogP contribution >= 0.6 is 0 Å². The Morgan fingerprint density at radius 2 is 1.06 bits per heavy atom. The fourth-order valence-corrected chi connectivity index (χ4v) is 6.33. The first-order valence-corrected chi connectivity index (χ1v) is 11.1. The monoisotopic (exact) mass is 456 g/mol. The maximum Gasteiger partial charge on any atom is 0.333 e. The van der Waals surface area contributed by atoms with Crippen LogP contribution in [0, 0.1) is 35.5 Å². The first-order chi connectivity index (χ1) is 16.5. The molecule has 2 aromatic rings. The predicted octanol–water partition coefficient (Wildman–Crippen LogP) is 1.96. The Hall–Kier alpha value is -4.07. The number of para-hydroxylation sites is 2. The van der Waals surface area contributed by atoms with Crippen LogP contribution in [0.4, 0.5) is 11.4 Å². The van der Waals surface area contributed by atoms with Crippen molar-refractivity contribution in [1.29, 1.82) is 0 Å². The molecular weight excluding hydrogens is 436 g/mol. The maximum atomic E-state index is 13.6. The molecule has 7 rings (SSSR count). The number of amides is 4. The number of benzene rings is 2. The molecule has 2 heterocycles. The van der Waals surface area contributed by atoms with Gasteiger partial charge in [-0.3, -0.25) is 29.0 Å². The molecule has 34 heavy (non-hydrogen) atoms. The number of hydrogen-bond acceptors (Lipinski definition) is 6. The summed E-state index contributed by atoms with van der Waals surface area (Å²) < 4.78 is 4.96. The van der Waals surface area contributed by atoms with Gasteiger partial charge in [-0.05, 0) is 24.3 Å². The van der Waals surface area contributed by atoms with E-state index in [9.17, 15) is 24.0 Å². The maximum absolute atomic E-state index is 13.6. The van der Waals surface area contributed by atoms with Crippen molar-refractivity contribution in [2.24, 2.45) is 35.5 Å². The lowest BCUT2D eigenvalue weighted by atomic mass is 9.52. The number of anilines is 2. The Kier molecular flexibility index (Phi) is 4.36. The summed E-state index contributed by atoms with van der Waals surface area (Å²) in [4.78, 5) is 69.4.